The second kappa shape index (κ2) is 9.72. The summed E-state index contributed by atoms with van der Waals surface area (Å²) in [5.74, 6) is -1.12. The van der Waals surface area contributed by atoms with Crippen molar-refractivity contribution in [2.24, 2.45) is 0 Å². The summed E-state index contributed by atoms with van der Waals surface area (Å²) in [4.78, 5) is 25.1. The van der Waals surface area contributed by atoms with Crippen LogP contribution in [-0.2, 0) is 14.8 Å². The standard InChI is InChI=1S/C23H24N2O5S/c1-31(29,30)25-16-14-24(15-17-25)21-10-8-20(9-11-21)22(26)12-6-18-2-4-19(5-3-18)7-13-23(27)28/h2-13H,14-17H2,1H3,(H,27,28)/b12-6+,13-7+. The van der Waals surface area contributed by atoms with Crippen LogP contribution in [0.25, 0.3) is 12.2 Å². The van der Waals surface area contributed by atoms with Gasteiger partial charge in [0.1, 0.15) is 0 Å². The lowest BCUT2D eigenvalue weighted by molar-refractivity contribution is -0.131. The van der Waals surface area contributed by atoms with Crippen molar-refractivity contribution in [3.05, 3.63) is 77.4 Å². The van der Waals surface area contributed by atoms with Gasteiger partial charge in [0.15, 0.2) is 5.78 Å². The number of benzene rings is 2. The molecule has 1 saturated heterocycles. The largest absolute Gasteiger partial charge is 0.478 e. The van der Waals surface area contributed by atoms with Gasteiger partial charge in [-0.25, -0.2) is 13.2 Å². The van der Waals surface area contributed by atoms with Crippen LogP contribution < -0.4 is 4.90 Å². The number of aliphatic carboxylic acids is 1. The lowest BCUT2D eigenvalue weighted by atomic mass is 10.1. The molecule has 1 heterocycles. The summed E-state index contributed by atoms with van der Waals surface area (Å²) in [6.45, 7) is 2.12. The number of carbonyl (C=O) groups excluding carboxylic acids is 1. The van der Waals surface area contributed by atoms with E-state index in [2.05, 4.69) is 4.90 Å². The van der Waals surface area contributed by atoms with Crippen molar-refractivity contribution in [1.82, 2.24) is 4.31 Å². The number of carboxylic acids is 1. The van der Waals surface area contributed by atoms with Crippen molar-refractivity contribution < 1.29 is 23.1 Å². The fraction of sp³-hybridized carbons (Fsp3) is 0.217. The molecule has 162 valence electrons. The number of allylic oxidation sites excluding steroid dienone is 1. The van der Waals surface area contributed by atoms with E-state index in [0.717, 1.165) is 22.9 Å². The second-order valence-corrected chi connectivity index (χ2v) is 9.21. The Morgan fingerprint density at radius 1 is 0.839 bits per heavy atom. The summed E-state index contributed by atoms with van der Waals surface area (Å²) in [5, 5.41) is 8.65. The molecule has 0 unspecified atom stereocenters. The molecule has 2 aromatic carbocycles. The van der Waals surface area contributed by atoms with E-state index in [1.165, 1.54) is 22.7 Å². The van der Waals surface area contributed by atoms with Crippen molar-refractivity contribution in [3.8, 4) is 0 Å². The van der Waals surface area contributed by atoms with Crippen LogP contribution in [0, 0.1) is 0 Å². The number of ketones is 1. The highest BCUT2D eigenvalue weighted by molar-refractivity contribution is 7.88. The molecule has 0 saturated carbocycles. The third kappa shape index (κ3) is 6.37. The summed E-state index contributed by atoms with van der Waals surface area (Å²) >= 11 is 0. The predicted octanol–water partition coefficient (Wildman–Crippen LogP) is 2.76. The molecule has 8 heteroatoms. The average molecular weight is 441 g/mol. The highest BCUT2D eigenvalue weighted by Crippen LogP contribution is 2.19. The number of sulfonamides is 1. The van der Waals surface area contributed by atoms with Gasteiger partial charge in [0, 0.05) is 43.5 Å². The van der Waals surface area contributed by atoms with E-state index in [9.17, 15) is 18.0 Å². The molecule has 0 radical (unpaired) electrons. The number of hydrogen-bond acceptors (Lipinski definition) is 5. The Kier molecular flexibility index (Phi) is 7.04. The predicted molar refractivity (Wildman–Crippen MR) is 122 cm³/mol. The van der Waals surface area contributed by atoms with Crippen molar-refractivity contribution in [3.63, 3.8) is 0 Å². The molecule has 1 fully saturated rings. The zero-order chi connectivity index (χ0) is 22.4. The summed E-state index contributed by atoms with van der Waals surface area (Å²) in [5.41, 5.74) is 3.12. The first-order valence-electron chi connectivity index (χ1n) is 9.76. The van der Waals surface area contributed by atoms with Gasteiger partial charge >= 0.3 is 5.97 Å². The summed E-state index contributed by atoms with van der Waals surface area (Å²) in [6.07, 6.45) is 7.02. The molecule has 0 aromatic heterocycles. The van der Waals surface area contributed by atoms with Gasteiger partial charge in [0.05, 0.1) is 6.26 Å². The number of anilines is 1. The van der Waals surface area contributed by atoms with E-state index in [0.29, 0.717) is 31.7 Å². The van der Waals surface area contributed by atoms with Gasteiger partial charge in [-0.2, -0.15) is 4.31 Å². The van der Waals surface area contributed by atoms with Crippen LogP contribution in [0.1, 0.15) is 21.5 Å². The lowest BCUT2D eigenvalue weighted by Crippen LogP contribution is -2.48. The molecular weight excluding hydrogens is 416 g/mol. The monoisotopic (exact) mass is 440 g/mol. The summed E-state index contributed by atoms with van der Waals surface area (Å²) in [6, 6.07) is 14.5. The van der Waals surface area contributed by atoms with Crippen LogP contribution in [0.2, 0.25) is 0 Å². The highest BCUT2D eigenvalue weighted by Gasteiger charge is 2.23. The van der Waals surface area contributed by atoms with Crippen LogP contribution in [0.5, 0.6) is 0 Å². The molecule has 0 bridgehead atoms. The maximum atomic E-state index is 12.5. The summed E-state index contributed by atoms with van der Waals surface area (Å²) in [7, 11) is -3.16. The van der Waals surface area contributed by atoms with Crippen LogP contribution in [0.4, 0.5) is 5.69 Å². The normalized spacial score (nSPS) is 15.6. The Bertz CT molecular complexity index is 1100. The van der Waals surface area contributed by atoms with Gasteiger partial charge in [-0.05, 0) is 47.5 Å². The number of carbonyl (C=O) groups is 2. The number of rotatable bonds is 7. The average Bonchev–Trinajstić information content (AvgIpc) is 2.76. The molecule has 0 aliphatic carbocycles. The number of hydrogen-bond donors (Lipinski definition) is 1. The van der Waals surface area contributed by atoms with Crippen molar-refractivity contribution in [2.75, 3.05) is 37.3 Å². The van der Waals surface area contributed by atoms with Crippen molar-refractivity contribution in [2.45, 2.75) is 0 Å². The quantitative estimate of drug-likeness (QED) is 0.526. The first kappa shape index (κ1) is 22.5. The van der Waals surface area contributed by atoms with E-state index in [-0.39, 0.29) is 5.78 Å². The number of carboxylic acid groups (broad SMARTS) is 1. The molecule has 31 heavy (non-hydrogen) atoms. The Balaban J connectivity index is 1.58. The molecular formula is C23H24N2O5S. The lowest BCUT2D eigenvalue weighted by Gasteiger charge is -2.34. The first-order chi connectivity index (χ1) is 14.7. The zero-order valence-corrected chi connectivity index (χ0v) is 18.0. The molecule has 0 atom stereocenters. The maximum Gasteiger partial charge on any atom is 0.328 e. The number of nitrogens with zero attached hydrogens (tertiary/aromatic N) is 2. The van der Waals surface area contributed by atoms with E-state index >= 15 is 0 Å². The van der Waals surface area contributed by atoms with Gasteiger partial charge in [-0.15, -0.1) is 0 Å². The van der Waals surface area contributed by atoms with Gasteiger partial charge in [-0.3, -0.25) is 4.79 Å². The highest BCUT2D eigenvalue weighted by atomic mass is 32.2. The van der Waals surface area contributed by atoms with Gasteiger partial charge < -0.3 is 10.0 Å². The fourth-order valence-corrected chi connectivity index (χ4v) is 4.09. The Morgan fingerprint density at radius 3 is 1.84 bits per heavy atom. The smallest absolute Gasteiger partial charge is 0.328 e. The van der Waals surface area contributed by atoms with E-state index in [1.807, 2.05) is 24.3 Å². The van der Waals surface area contributed by atoms with Crippen molar-refractivity contribution in [1.29, 1.82) is 0 Å². The van der Waals surface area contributed by atoms with E-state index in [1.54, 1.807) is 30.3 Å². The Hall–Kier alpha value is -3.23. The third-order valence-corrected chi connectivity index (χ3v) is 6.31. The molecule has 2 aromatic rings. The Morgan fingerprint density at radius 2 is 1.35 bits per heavy atom. The van der Waals surface area contributed by atoms with Crippen LogP contribution in [0.3, 0.4) is 0 Å². The fourth-order valence-electron chi connectivity index (χ4n) is 3.27. The molecule has 1 aliphatic rings. The molecule has 1 aliphatic heterocycles. The maximum absolute atomic E-state index is 12.5. The third-order valence-electron chi connectivity index (χ3n) is 5.01. The van der Waals surface area contributed by atoms with Crippen LogP contribution in [0.15, 0.2) is 60.7 Å². The second-order valence-electron chi connectivity index (χ2n) is 7.23. The topological polar surface area (TPSA) is 95.0 Å². The van der Waals surface area contributed by atoms with Crippen LogP contribution in [-0.4, -0.2) is 62.0 Å². The van der Waals surface area contributed by atoms with E-state index < -0.39 is 16.0 Å². The van der Waals surface area contributed by atoms with Crippen molar-refractivity contribution >= 4 is 39.6 Å². The van der Waals surface area contributed by atoms with Gasteiger partial charge in [-0.1, -0.05) is 30.3 Å². The molecule has 1 N–H and O–H groups in total. The molecule has 0 spiro atoms. The van der Waals surface area contributed by atoms with Gasteiger partial charge in [0.2, 0.25) is 10.0 Å². The molecule has 7 nitrogen and oxygen atoms in total. The summed E-state index contributed by atoms with van der Waals surface area (Å²) < 4.78 is 24.7. The van der Waals surface area contributed by atoms with Crippen LogP contribution >= 0.6 is 0 Å². The zero-order valence-electron chi connectivity index (χ0n) is 17.1. The minimum atomic E-state index is -3.16. The van der Waals surface area contributed by atoms with Gasteiger partial charge in [0.25, 0.3) is 0 Å². The Labute approximate surface area is 182 Å². The first-order valence-corrected chi connectivity index (χ1v) is 11.6. The molecule has 3 rings (SSSR count). The number of piperazine rings is 1. The molecule has 0 amide bonds. The van der Waals surface area contributed by atoms with E-state index in [4.69, 9.17) is 5.11 Å². The minimum Gasteiger partial charge on any atom is -0.478 e. The SMILES string of the molecule is CS(=O)(=O)N1CCN(c2ccc(C(=O)/C=C/c3ccc(/C=C/C(=O)O)cc3)cc2)CC1. The minimum absolute atomic E-state index is 0.122.